The largest absolute Gasteiger partial charge is 1.00 e. The van der Waals surface area contributed by atoms with Crippen molar-refractivity contribution in [3.05, 3.63) is 79.2 Å². The van der Waals surface area contributed by atoms with Crippen LogP contribution in [0.2, 0.25) is 0 Å². The fourth-order valence-corrected chi connectivity index (χ4v) is 17.9. The summed E-state index contributed by atoms with van der Waals surface area (Å²) in [5, 5.41) is 0. The van der Waals surface area contributed by atoms with Crippen LogP contribution in [-0.4, -0.2) is 3.21 Å². The monoisotopic (exact) mass is 668 g/mol. The van der Waals surface area contributed by atoms with E-state index < -0.39 is 21.3 Å². The SMILES string of the molecule is CC1=[C]([Zr+2](=[C]2CCCCC2)[CH]2c3ccc(C(C)(C)C)cc3-c3cc(C(C)(C)C)ccc32)C(C)C=C1C(C)(C)C.[Cl-].[Cl-]. The van der Waals surface area contributed by atoms with Gasteiger partial charge in [0.05, 0.1) is 0 Å². The second kappa shape index (κ2) is 12.3. The molecule has 1 atom stereocenters. The predicted molar refractivity (Wildman–Crippen MR) is 169 cm³/mol. The van der Waals surface area contributed by atoms with E-state index in [2.05, 4.69) is 119 Å². The topological polar surface area (TPSA) is 0 Å². The van der Waals surface area contributed by atoms with Crippen LogP contribution in [-0.2, 0) is 32.1 Å². The third-order valence-corrected chi connectivity index (χ3v) is 19.2. The Morgan fingerprint density at radius 1 is 0.659 bits per heavy atom. The number of rotatable bonds is 2. The van der Waals surface area contributed by atoms with Crippen molar-refractivity contribution in [1.82, 2.24) is 0 Å². The molecule has 3 heteroatoms. The number of allylic oxidation sites excluding steroid dienone is 4. The zero-order valence-electron chi connectivity index (χ0n) is 27.5. The van der Waals surface area contributed by atoms with Gasteiger partial charge >= 0.3 is 249 Å². The third kappa shape index (κ3) is 6.54. The summed E-state index contributed by atoms with van der Waals surface area (Å²) < 4.78 is 4.52. The zero-order chi connectivity index (χ0) is 28.5. The fraction of sp³-hybridized carbons (Fsp3) is 0.553. The van der Waals surface area contributed by atoms with Gasteiger partial charge < -0.3 is 24.8 Å². The molecular formula is C38H52Cl2Zr. The van der Waals surface area contributed by atoms with Crippen LogP contribution in [0.3, 0.4) is 0 Å². The van der Waals surface area contributed by atoms with Crippen molar-refractivity contribution in [2.45, 2.75) is 123 Å². The van der Waals surface area contributed by atoms with Gasteiger partial charge in [-0.3, -0.25) is 0 Å². The fourth-order valence-electron chi connectivity index (χ4n) is 7.50. The van der Waals surface area contributed by atoms with Crippen molar-refractivity contribution >= 4 is 3.21 Å². The van der Waals surface area contributed by atoms with Gasteiger partial charge in [0, 0.05) is 0 Å². The Kier molecular flexibility index (Phi) is 10.4. The summed E-state index contributed by atoms with van der Waals surface area (Å²) in [5.74, 6) is 0.582. The van der Waals surface area contributed by atoms with Crippen LogP contribution in [0.15, 0.2) is 56.9 Å². The van der Waals surface area contributed by atoms with Gasteiger partial charge in [0.25, 0.3) is 0 Å². The Bertz CT molecular complexity index is 1330. The van der Waals surface area contributed by atoms with Crippen molar-refractivity contribution in [2.24, 2.45) is 11.3 Å². The Hall–Kier alpha value is -0.747. The van der Waals surface area contributed by atoms with E-state index in [9.17, 15) is 0 Å². The molecule has 3 aliphatic rings. The number of fused-ring (bicyclic) bond motifs is 3. The number of hydrogen-bond acceptors (Lipinski definition) is 0. The summed E-state index contributed by atoms with van der Waals surface area (Å²) in [7, 11) is 0. The van der Waals surface area contributed by atoms with Crippen molar-refractivity contribution in [3.63, 3.8) is 0 Å². The molecule has 1 fully saturated rings. The second-order valence-corrected chi connectivity index (χ2v) is 22.3. The van der Waals surface area contributed by atoms with Crippen LogP contribution < -0.4 is 24.8 Å². The first-order valence-electron chi connectivity index (χ1n) is 15.5. The standard InChI is InChI=1S/C21H25.C11H17.C6H10.2ClH.Zr/c1-20(2,3)16-9-7-14-11-15-8-10-17(21(4,5)6)13-19(15)18(14)12-16;1-8-6-9(2)10(7-8)11(3,4)5;1-2-4-6-5-3-1;;;/h7-13H,1-6H3;7-8H,1-5H3;1-5H2;2*1H;/q;;;;;+2/p-2. The number of halogens is 2. The molecule has 41 heavy (non-hydrogen) atoms. The molecular weight excluding hydrogens is 619 g/mol. The summed E-state index contributed by atoms with van der Waals surface area (Å²) >= 11 is -2.31. The van der Waals surface area contributed by atoms with Gasteiger partial charge in [0.1, 0.15) is 0 Å². The predicted octanol–water partition coefficient (Wildman–Crippen LogP) is 5.01. The van der Waals surface area contributed by atoms with Gasteiger partial charge in [-0.1, -0.05) is 0 Å². The molecule has 0 heterocycles. The van der Waals surface area contributed by atoms with Gasteiger partial charge in [0.2, 0.25) is 0 Å². The van der Waals surface area contributed by atoms with Crippen molar-refractivity contribution in [1.29, 1.82) is 0 Å². The summed E-state index contributed by atoms with van der Waals surface area (Å²) in [4.78, 5) is 0. The summed E-state index contributed by atoms with van der Waals surface area (Å²) in [6.45, 7) is 26.4. The van der Waals surface area contributed by atoms with Crippen LogP contribution in [0.4, 0.5) is 0 Å². The molecule has 3 aliphatic carbocycles. The van der Waals surface area contributed by atoms with E-state index in [1.54, 1.807) is 22.3 Å². The molecule has 2 aromatic carbocycles. The smallest absolute Gasteiger partial charge is 1.00 e. The van der Waals surface area contributed by atoms with Gasteiger partial charge in [-0.2, -0.15) is 0 Å². The maximum absolute atomic E-state index is 2.65. The summed E-state index contributed by atoms with van der Waals surface area (Å²) in [6.07, 6.45) is 9.63. The maximum Gasteiger partial charge on any atom is -1.00 e. The van der Waals surface area contributed by atoms with E-state index in [0.717, 1.165) is 0 Å². The van der Waals surface area contributed by atoms with Crippen molar-refractivity contribution in [3.8, 4) is 11.1 Å². The molecule has 0 radical (unpaired) electrons. The average Bonchev–Trinajstić information content (AvgIpc) is 3.33. The minimum atomic E-state index is -2.31. The maximum atomic E-state index is 2.65. The molecule has 0 saturated heterocycles. The van der Waals surface area contributed by atoms with E-state index >= 15 is 0 Å². The second-order valence-electron chi connectivity index (χ2n) is 15.8. The number of hydrogen-bond donors (Lipinski definition) is 0. The minimum Gasteiger partial charge on any atom is -1.00 e. The van der Waals surface area contributed by atoms with E-state index in [1.165, 1.54) is 54.4 Å². The van der Waals surface area contributed by atoms with E-state index in [1.807, 2.05) is 6.49 Å². The Morgan fingerprint density at radius 3 is 1.51 bits per heavy atom. The van der Waals surface area contributed by atoms with Gasteiger partial charge in [0.15, 0.2) is 0 Å². The molecule has 2 aromatic rings. The third-order valence-electron chi connectivity index (χ3n) is 9.66. The molecule has 0 N–H and O–H groups in total. The Morgan fingerprint density at radius 2 is 1.12 bits per heavy atom. The minimum absolute atomic E-state index is 0. The molecule has 1 saturated carbocycles. The van der Waals surface area contributed by atoms with E-state index in [-0.39, 0.29) is 41.1 Å². The normalized spacial score (nSPS) is 19.1. The molecule has 0 nitrogen and oxygen atoms in total. The molecule has 222 valence electrons. The molecule has 0 spiro atoms. The molecule has 0 aliphatic heterocycles. The first-order chi connectivity index (χ1) is 18.1. The Labute approximate surface area is 271 Å². The summed E-state index contributed by atoms with van der Waals surface area (Å²) in [5.41, 5.74) is 13.1. The van der Waals surface area contributed by atoms with Crippen molar-refractivity contribution in [2.75, 3.05) is 0 Å². The molecule has 1 unspecified atom stereocenters. The zero-order valence-corrected chi connectivity index (χ0v) is 31.5. The van der Waals surface area contributed by atoms with Crippen LogP contribution in [0.25, 0.3) is 11.1 Å². The van der Waals surface area contributed by atoms with Gasteiger partial charge in [-0.25, -0.2) is 0 Å². The molecule has 0 aromatic heterocycles. The quantitative estimate of drug-likeness (QED) is 0.422. The van der Waals surface area contributed by atoms with Crippen LogP contribution >= 0.6 is 0 Å². The Balaban J connectivity index is 0.00000231. The van der Waals surface area contributed by atoms with Crippen LogP contribution in [0, 0.1) is 11.3 Å². The average molecular weight is 671 g/mol. The summed E-state index contributed by atoms with van der Waals surface area (Å²) in [6, 6.07) is 15.2. The van der Waals surface area contributed by atoms with E-state index in [4.69, 9.17) is 0 Å². The van der Waals surface area contributed by atoms with Crippen molar-refractivity contribution < 1.29 is 46.1 Å². The molecule has 0 bridgehead atoms. The molecule has 5 rings (SSSR count). The molecule has 0 amide bonds. The van der Waals surface area contributed by atoms with Gasteiger partial charge in [-0.05, 0) is 0 Å². The number of benzene rings is 2. The van der Waals surface area contributed by atoms with Gasteiger partial charge in [-0.15, -0.1) is 0 Å². The van der Waals surface area contributed by atoms with Crippen LogP contribution in [0.5, 0.6) is 0 Å². The first-order valence-corrected chi connectivity index (χ1v) is 19.4. The van der Waals surface area contributed by atoms with Crippen LogP contribution in [0.1, 0.15) is 134 Å². The first kappa shape index (κ1) is 34.7. The van der Waals surface area contributed by atoms with E-state index in [0.29, 0.717) is 9.54 Å².